The van der Waals surface area contributed by atoms with Crippen LogP contribution in [0.4, 0.5) is 14.5 Å². The van der Waals surface area contributed by atoms with Crippen molar-refractivity contribution in [3.63, 3.8) is 0 Å². The number of rotatable bonds is 5. The average Bonchev–Trinajstić information content (AvgIpc) is 2.31. The quantitative estimate of drug-likeness (QED) is 0.856. The Morgan fingerprint density at radius 1 is 1.42 bits per heavy atom. The van der Waals surface area contributed by atoms with E-state index in [0.717, 1.165) is 10.4 Å². The molecule has 1 aromatic carbocycles. The number of hydrogen-bond acceptors (Lipinski definition) is 3. The molecule has 2 N–H and O–H groups in total. The molecule has 6 nitrogen and oxygen atoms in total. The van der Waals surface area contributed by atoms with Crippen LogP contribution in [0.5, 0.6) is 0 Å². The Bertz CT molecular complexity index is 604. The third-order valence-electron chi connectivity index (χ3n) is 2.40. The van der Waals surface area contributed by atoms with Crippen LogP contribution in [0.1, 0.15) is 17.3 Å². The highest BCUT2D eigenvalue weighted by molar-refractivity contribution is 7.90. The van der Waals surface area contributed by atoms with E-state index in [0.29, 0.717) is 6.07 Å². The standard InChI is InChI=1S/C10H12F2N2O4S/c1-3-14(2)19(17,18)13-7-5-4-6(11)8(9(7)12)10(15)16/h4-5,13H,3H2,1-2H3,(H,15,16). The van der Waals surface area contributed by atoms with Crippen LogP contribution in [0.2, 0.25) is 0 Å². The van der Waals surface area contributed by atoms with E-state index < -0.39 is 39.1 Å². The number of carboxylic acids is 1. The van der Waals surface area contributed by atoms with Gasteiger partial charge in [0.25, 0.3) is 0 Å². The van der Waals surface area contributed by atoms with Gasteiger partial charge in [-0.15, -0.1) is 0 Å². The molecule has 9 heteroatoms. The molecule has 0 heterocycles. The van der Waals surface area contributed by atoms with Crippen molar-refractivity contribution >= 4 is 21.9 Å². The van der Waals surface area contributed by atoms with Gasteiger partial charge in [-0.25, -0.2) is 13.6 Å². The number of halogens is 2. The molecule has 0 aliphatic heterocycles. The minimum atomic E-state index is -4.01. The van der Waals surface area contributed by atoms with E-state index in [1.807, 2.05) is 4.72 Å². The maximum absolute atomic E-state index is 13.7. The van der Waals surface area contributed by atoms with E-state index in [9.17, 15) is 22.0 Å². The molecule has 0 atom stereocenters. The smallest absolute Gasteiger partial charge is 0.341 e. The van der Waals surface area contributed by atoms with E-state index in [1.165, 1.54) is 7.05 Å². The van der Waals surface area contributed by atoms with Gasteiger partial charge in [0.05, 0.1) is 5.69 Å². The third kappa shape index (κ3) is 3.18. The van der Waals surface area contributed by atoms with Gasteiger partial charge < -0.3 is 5.11 Å². The first-order valence-corrected chi connectivity index (χ1v) is 6.60. The number of aromatic carboxylic acids is 1. The molecule has 0 unspecified atom stereocenters. The molecule has 1 aromatic rings. The van der Waals surface area contributed by atoms with Gasteiger partial charge in [0.2, 0.25) is 0 Å². The second-order valence-electron chi connectivity index (χ2n) is 3.61. The lowest BCUT2D eigenvalue weighted by molar-refractivity contribution is 0.0686. The normalized spacial score (nSPS) is 11.6. The van der Waals surface area contributed by atoms with Gasteiger partial charge in [-0.3, -0.25) is 4.72 Å². The highest BCUT2D eigenvalue weighted by Crippen LogP contribution is 2.22. The molecule has 1 rings (SSSR count). The Balaban J connectivity index is 3.25. The molecule has 0 saturated carbocycles. The number of carboxylic acid groups (broad SMARTS) is 1. The summed E-state index contributed by atoms with van der Waals surface area (Å²) in [7, 11) is -2.76. The Morgan fingerprint density at radius 3 is 2.47 bits per heavy atom. The van der Waals surface area contributed by atoms with Crippen LogP contribution in [0.3, 0.4) is 0 Å². The fourth-order valence-corrected chi connectivity index (χ4v) is 2.15. The van der Waals surface area contributed by atoms with Crippen molar-refractivity contribution in [2.75, 3.05) is 18.3 Å². The molecule has 0 aliphatic carbocycles. The molecular weight excluding hydrogens is 282 g/mol. The van der Waals surface area contributed by atoms with Crippen molar-refractivity contribution in [1.29, 1.82) is 0 Å². The van der Waals surface area contributed by atoms with Crippen molar-refractivity contribution in [3.8, 4) is 0 Å². The molecule has 0 amide bonds. The van der Waals surface area contributed by atoms with Crippen LogP contribution in [0, 0.1) is 11.6 Å². The first kappa shape index (κ1) is 15.3. The molecular formula is C10H12F2N2O4S. The number of carbonyl (C=O) groups is 1. The number of nitrogens with one attached hydrogen (secondary N) is 1. The molecule has 0 radical (unpaired) electrons. The molecule has 19 heavy (non-hydrogen) atoms. The van der Waals surface area contributed by atoms with Crippen molar-refractivity contribution in [3.05, 3.63) is 29.3 Å². The summed E-state index contributed by atoms with van der Waals surface area (Å²) in [5, 5.41) is 8.66. The van der Waals surface area contributed by atoms with E-state index in [2.05, 4.69) is 0 Å². The SMILES string of the molecule is CCN(C)S(=O)(=O)Nc1ccc(F)c(C(=O)O)c1F. The maximum atomic E-state index is 13.7. The average molecular weight is 294 g/mol. The zero-order chi connectivity index (χ0) is 14.8. The van der Waals surface area contributed by atoms with Crippen LogP contribution in [-0.4, -0.2) is 37.4 Å². The molecule has 0 bridgehead atoms. The first-order valence-electron chi connectivity index (χ1n) is 5.16. The number of hydrogen-bond donors (Lipinski definition) is 2. The van der Waals surface area contributed by atoms with Gasteiger partial charge >= 0.3 is 16.2 Å². The van der Waals surface area contributed by atoms with Crippen LogP contribution < -0.4 is 4.72 Å². The van der Waals surface area contributed by atoms with Crippen molar-refractivity contribution in [1.82, 2.24) is 4.31 Å². The fraction of sp³-hybridized carbons (Fsp3) is 0.300. The summed E-state index contributed by atoms with van der Waals surface area (Å²) in [6.45, 7) is 1.69. The Labute approximate surface area is 108 Å². The molecule has 0 spiro atoms. The van der Waals surface area contributed by atoms with Gasteiger partial charge in [0, 0.05) is 13.6 Å². The maximum Gasteiger partial charge on any atom is 0.341 e. The molecule has 0 aromatic heterocycles. The highest BCUT2D eigenvalue weighted by Gasteiger charge is 2.23. The van der Waals surface area contributed by atoms with Crippen molar-refractivity contribution in [2.45, 2.75) is 6.92 Å². The Hall–Kier alpha value is -1.74. The summed E-state index contributed by atoms with van der Waals surface area (Å²) >= 11 is 0. The Morgan fingerprint density at radius 2 is 2.00 bits per heavy atom. The summed E-state index contributed by atoms with van der Waals surface area (Å²) in [5.74, 6) is -4.57. The van der Waals surface area contributed by atoms with Gasteiger partial charge in [0.1, 0.15) is 11.4 Å². The van der Waals surface area contributed by atoms with Crippen LogP contribution in [0.15, 0.2) is 12.1 Å². The van der Waals surface area contributed by atoms with E-state index in [1.54, 1.807) is 6.92 Å². The summed E-state index contributed by atoms with van der Waals surface area (Å²) in [6, 6.07) is 1.49. The fourth-order valence-electron chi connectivity index (χ4n) is 1.21. The molecule has 0 aliphatic rings. The number of benzene rings is 1. The zero-order valence-corrected chi connectivity index (χ0v) is 11.0. The first-order chi connectivity index (χ1) is 8.70. The van der Waals surface area contributed by atoms with Crippen LogP contribution in [-0.2, 0) is 10.2 Å². The van der Waals surface area contributed by atoms with Crippen molar-refractivity contribution < 1.29 is 27.1 Å². The summed E-state index contributed by atoms with van der Waals surface area (Å²) in [5.41, 5.74) is -1.83. The predicted molar refractivity (Wildman–Crippen MR) is 64.2 cm³/mol. The number of anilines is 1. The van der Waals surface area contributed by atoms with Crippen LogP contribution >= 0.6 is 0 Å². The predicted octanol–water partition coefficient (Wildman–Crippen LogP) is 1.27. The Kier molecular flexibility index (Phi) is 4.43. The van der Waals surface area contributed by atoms with Gasteiger partial charge in [0.15, 0.2) is 5.82 Å². The molecule has 0 saturated heterocycles. The molecule has 0 fully saturated rings. The second kappa shape index (κ2) is 5.49. The van der Waals surface area contributed by atoms with Crippen LogP contribution in [0.25, 0.3) is 0 Å². The highest BCUT2D eigenvalue weighted by atomic mass is 32.2. The zero-order valence-electron chi connectivity index (χ0n) is 10.1. The monoisotopic (exact) mass is 294 g/mol. The minimum Gasteiger partial charge on any atom is -0.477 e. The van der Waals surface area contributed by atoms with Gasteiger partial charge in [-0.1, -0.05) is 6.92 Å². The van der Waals surface area contributed by atoms with Gasteiger partial charge in [-0.2, -0.15) is 12.7 Å². The second-order valence-corrected chi connectivity index (χ2v) is 5.39. The third-order valence-corrected chi connectivity index (χ3v) is 3.96. The lowest BCUT2D eigenvalue weighted by atomic mass is 10.2. The summed E-state index contributed by atoms with van der Waals surface area (Å²) < 4.78 is 52.9. The van der Waals surface area contributed by atoms with Crippen molar-refractivity contribution in [2.24, 2.45) is 0 Å². The topological polar surface area (TPSA) is 86.7 Å². The summed E-state index contributed by atoms with van der Waals surface area (Å²) in [4.78, 5) is 10.7. The lowest BCUT2D eigenvalue weighted by Crippen LogP contribution is -2.32. The van der Waals surface area contributed by atoms with E-state index in [-0.39, 0.29) is 6.54 Å². The minimum absolute atomic E-state index is 0.129. The molecule has 106 valence electrons. The van der Waals surface area contributed by atoms with Gasteiger partial charge in [-0.05, 0) is 12.1 Å². The summed E-state index contributed by atoms with van der Waals surface area (Å²) in [6.07, 6.45) is 0. The largest absolute Gasteiger partial charge is 0.477 e. The van der Waals surface area contributed by atoms with E-state index in [4.69, 9.17) is 5.11 Å². The lowest BCUT2D eigenvalue weighted by Gasteiger charge is -2.17. The number of nitrogens with zero attached hydrogens (tertiary/aromatic N) is 1. The van der Waals surface area contributed by atoms with E-state index >= 15 is 0 Å².